The number of piperidine rings is 1. The fraction of sp³-hybridized carbons (Fsp3) is 0.667. The van der Waals surface area contributed by atoms with Crippen molar-refractivity contribution in [2.45, 2.75) is 76.9 Å². The number of nitrogens with one attached hydrogen (secondary N) is 1. The van der Waals surface area contributed by atoms with Gasteiger partial charge in [-0.25, -0.2) is 0 Å². The second-order valence-electron chi connectivity index (χ2n) is 8.29. The maximum absolute atomic E-state index is 12.7. The lowest BCUT2D eigenvalue weighted by atomic mass is 9.94. The Balaban J connectivity index is 1.57. The molecule has 1 amide bonds. The van der Waals surface area contributed by atoms with Gasteiger partial charge in [0.05, 0.1) is 5.92 Å². The second-order valence-corrected chi connectivity index (χ2v) is 8.29. The molecule has 1 N–H and O–H groups in total. The number of hydrogen-bond acceptors (Lipinski definition) is 2. The average Bonchev–Trinajstić information content (AvgIpc) is 2.75. The molecule has 2 aliphatic rings. The van der Waals surface area contributed by atoms with E-state index >= 15 is 0 Å². The van der Waals surface area contributed by atoms with Crippen LogP contribution in [0.15, 0.2) is 24.3 Å². The lowest BCUT2D eigenvalue weighted by Gasteiger charge is -2.37. The van der Waals surface area contributed by atoms with Gasteiger partial charge in [-0.15, -0.1) is 0 Å². The van der Waals surface area contributed by atoms with E-state index in [1.54, 1.807) is 0 Å². The number of hydrogen-bond donors (Lipinski definition) is 1. The minimum atomic E-state index is -0.0737. The molecule has 1 aromatic rings. The zero-order chi connectivity index (χ0) is 17.3. The molecule has 2 fully saturated rings. The molecule has 3 heteroatoms. The molecule has 1 aromatic carbocycles. The third-order valence-electron chi connectivity index (χ3n) is 5.96. The summed E-state index contributed by atoms with van der Waals surface area (Å²) >= 11 is 0. The average molecular weight is 328 g/mol. The smallest absolute Gasteiger partial charge is 0.227 e. The first-order valence-corrected chi connectivity index (χ1v) is 9.55. The van der Waals surface area contributed by atoms with Crippen molar-refractivity contribution < 1.29 is 4.79 Å². The van der Waals surface area contributed by atoms with Crippen LogP contribution in [0.5, 0.6) is 0 Å². The number of amides is 1. The summed E-state index contributed by atoms with van der Waals surface area (Å²) in [6.07, 6.45) is 5.90. The minimum absolute atomic E-state index is 0.0737. The predicted molar refractivity (Wildman–Crippen MR) is 99.1 cm³/mol. The Morgan fingerprint density at radius 3 is 2.25 bits per heavy atom. The quantitative estimate of drug-likeness (QED) is 0.893. The van der Waals surface area contributed by atoms with E-state index in [2.05, 4.69) is 55.4 Å². The van der Waals surface area contributed by atoms with Gasteiger partial charge in [-0.2, -0.15) is 0 Å². The van der Waals surface area contributed by atoms with Gasteiger partial charge < -0.3 is 10.2 Å². The van der Waals surface area contributed by atoms with Crippen LogP contribution in [0, 0.1) is 5.92 Å². The van der Waals surface area contributed by atoms with Gasteiger partial charge in [-0.05, 0) is 63.1 Å². The van der Waals surface area contributed by atoms with Gasteiger partial charge in [0.15, 0.2) is 0 Å². The molecule has 0 aliphatic carbocycles. The van der Waals surface area contributed by atoms with Crippen LogP contribution in [0.3, 0.4) is 0 Å². The highest BCUT2D eigenvalue weighted by atomic mass is 16.1. The monoisotopic (exact) mass is 328 g/mol. The van der Waals surface area contributed by atoms with Crippen molar-refractivity contribution in [3.8, 4) is 0 Å². The van der Waals surface area contributed by atoms with Crippen molar-refractivity contribution in [1.29, 1.82) is 0 Å². The van der Waals surface area contributed by atoms with Gasteiger partial charge in [-0.1, -0.05) is 38.1 Å². The predicted octanol–water partition coefficient (Wildman–Crippen LogP) is 3.73. The molecule has 2 saturated heterocycles. The summed E-state index contributed by atoms with van der Waals surface area (Å²) in [6, 6.07) is 10.3. The molecular formula is C21H32N2O. The number of benzene rings is 1. The van der Waals surface area contributed by atoms with E-state index < -0.39 is 0 Å². The van der Waals surface area contributed by atoms with Crippen LogP contribution >= 0.6 is 0 Å². The summed E-state index contributed by atoms with van der Waals surface area (Å²) in [5, 5.41) is 3.32. The number of carbonyl (C=O) groups is 1. The summed E-state index contributed by atoms with van der Waals surface area (Å²) < 4.78 is 0. The first kappa shape index (κ1) is 17.5. The van der Waals surface area contributed by atoms with Crippen LogP contribution in [-0.4, -0.2) is 36.0 Å². The molecule has 2 aliphatic heterocycles. The Labute approximate surface area is 146 Å². The maximum atomic E-state index is 12.7. The fourth-order valence-electron chi connectivity index (χ4n) is 4.42. The molecule has 2 bridgehead atoms. The van der Waals surface area contributed by atoms with E-state index in [0.29, 0.717) is 24.0 Å². The summed E-state index contributed by atoms with van der Waals surface area (Å²) in [6.45, 7) is 6.49. The fourth-order valence-corrected chi connectivity index (χ4v) is 4.42. The molecule has 0 aromatic heterocycles. The van der Waals surface area contributed by atoms with E-state index in [9.17, 15) is 4.79 Å². The summed E-state index contributed by atoms with van der Waals surface area (Å²) in [7, 11) is 2.24. The van der Waals surface area contributed by atoms with Crippen LogP contribution in [0.4, 0.5) is 0 Å². The largest absolute Gasteiger partial charge is 0.353 e. The summed E-state index contributed by atoms with van der Waals surface area (Å²) in [4.78, 5) is 15.2. The molecule has 3 nitrogen and oxygen atoms in total. The van der Waals surface area contributed by atoms with Crippen LogP contribution < -0.4 is 5.32 Å². The lowest BCUT2D eigenvalue weighted by Crippen LogP contribution is -2.49. The first-order chi connectivity index (χ1) is 11.4. The highest BCUT2D eigenvalue weighted by molar-refractivity contribution is 5.83. The van der Waals surface area contributed by atoms with E-state index in [1.165, 1.54) is 18.4 Å². The molecule has 24 heavy (non-hydrogen) atoms. The van der Waals surface area contributed by atoms with E-state index in [-0.39, 0.29) is 11.8 Å². The Kier molecular flexibility index (Phi) is 5.29. The van der Waals surface area contributed by atoms with E-state index in [4.69, 9.17) is 0 Å². The molecule has 3 rings (SSSR count). The van der Waals surface area contributed by atoms with Crippen LogP contribution in [0.2, 0.25) is 0 Å². The van der Waals surface area contributed by atoms with Crippen LogP contribution in [0.25, 0.3) is 0 Å². The van der Waals surface area contributed by atoms with Crippen molar-refractivity contribution in [3.63, 3.8) is 0 Å². The lowest BCUT2D eigenvalue weighted by molar-refractivity contribution is -0.123. The zero-order valence-corrected chi connectivity index (χ0v) is 15.6. The Bertz CT molecular complexity index is 552. The van der Waals surface area contributed by atoms with Gasteiger partial charge in [0.25, 0.3) is 0 Å². The zero-order valence-electron chi connectivity index (χ0n) is 15.6. The molecule has 2 unspecified atom stereocenters. The molecule has 2 heterocycles. The Morgan fingerprint density at radius 2 is 1.71 bits per heavy atom. The van der Waals surface area contributed by atoms with Crippen LogP contribution in [0.1, 0.15) is 63.5 Å². The number of nitrogens with zero attached hydrogens (tertiary/aromatic N) is 1. The molecule has 0 saturated carbocycles. The van der Waals surface area contributed by atoms with Gasteiger partial charge in [0.1, 0.15) is 0 Å². The molecule has 0 spiro atoms. The number of rotatable bonds is 5. The number of carbonyl (C=O) groups excluding carboxylic acids is 1. The van der Waals surface area contributed by atoms with Crippen molar-refractivity contribution in [1.82, 2.24) is 10.2 Å². The Hall–Kier alpha value is -1.35. The normalized spacial score (nSPS) is 28.1. The third kappa shape index (κ3) is 3.83. The highest BCUT2D eigenvalue weighted by Gasteiger charge is 2.39. The molecule has 132 valence electrons. The number of fused-ring (bicyclic) bond motifs is 2. The molecule has 3 atom stereocenters. The second kappa shape index (κ2) is 7.26. The topological polar surface area (TPSA) is 32.3 Å². The minimum Gasteiger partial charge on any atom is -0.353 e. The van der Waals surface area contributed by atoms with Crippen molar-refractivity contribution in [2.24, 2.45) is 5.92 Å². The van der Waals surface area contributed by atoms with Gasteiger partial charge >= 0.3 is 0 Å². The first-order valence-electron chi connectivity index (χ1n) is 9.55. The standard InChI is InChI=1S/C21H32N2O/c1-14(2)11-16-5-7-17(8-6-16)15(3)21(24)22-18-12-19-9-10-20(13-18)23(19)4/h5-8,14-15,18-20H,9-13H2,1-4H3,(H,22,24)/t15-,18?,19?,20?/m1/s1. The Morgan fingerprint density at radius 1 is 1.12 bits per heavy atom. The summed E-state index contributed by atoms with van der Waals surface area (Å²) in [5.41, 5.74) is 2.48. The summed E-state index contributed by atoms with van der Waals surface area (Å²) in [5.74, 6) is 0.771. The maximum Gasteiger partial charge on any atom is 0.227 e. The van der Waals surface area contributed by atoms with Gasteiger partial charge in [0.2, 0.25) is 5.91 Å². The van der Waals surface area contributed by atoms with Gasteiger partial charge in [-0.3, -0.25) is 4.79 Å². The van der Waals surface area contributed by atoms with Crippen molar-refractivity contribution >= 4 is 5.91 Å². The van der Waals surface area contributed by atoms with Crippen molar-refractivity contribution in [3.05, 3.63) is 35.4 Å². The molecule has 0 radical (unpaired) electrons. The third-order valence-corrected chi connectivity index (χ3v) is 5.96. The van der Waals surface area contributed by atoms with Crippen molar-refractivity contribution in [2.75, 3.05) is 7.05 Å². The van der Waals surface area contributed by atoms with Crippen LogP contribution in [-0.2, 0) is 11.2 Å². The van der Waals surface area contributed by atoms with Gasteiger partial charge in [0, 0.05) is 18.1 Å². The molecular weight excluding hydrogens is 296 g/mol. The SMILES string of the molecule is CC(C)Cc1ccc([C@@H](C)C(=O)NC2CC3CCC(C2)N3C)cc1. The van der Waals surface area contributed by atoms with E-state index in [1.807, 2.05) is 6.92 Å². The van der Waals surface area contributed by atoms with E-state index in [0.717, 1.165) is 24.8 Å². The highest BCUT2D eigenvalue weighted by Crippen LogP contribution is 2.34.